The minimum Gasteiger partial charge on any atom is -0.493 e. The van der Waals surface area contributed by atoms with E-state index in [1.54, 1.807) is 0 Å². The van der Waals surface area contributed by atoms with Gasteiger partial charge in [0.1, 0.15) is 6.10 Å². The summed E-state index contributed by atoms with van der Waals surface area (Å²) in [6.45, 7) is 7.06. The molecule has 1 unspecified atom stereocenters. The van der Waals surface area contributed by atoms with E-state index in [1.165, 1.54) is 0 Å². The Balaban J connectivity index is 2.19. The number of rotatable bonds is 2. The Kier molecular flexibility index (Phi) is 2.11. The summed E-state index contributed by atoms with van der Waals surface area (Å²) in [6.07, 6.45) is 1.27. The van der Waals surface area contributed by atoms with Crippen molar-refractivity contribution < 1.29 is 9.47 Å². The minimum atomic E-state index is 0.266. The van der Waals surface area contributed by atoms with Crippen LogP contribution in [0.5, 0.6) is 0 Å². The third kappa shape index (κ3) is 2.06. The fourth-order valence-corrected chi connectivity index (χ4v) is 0.890. The van der Waals surface area contributed by atoms with Gasteiger partial charge in [-0.1, -0.05) is 6.58 Å². The smallest absolute Gasteiger partial charge is 0.124 e. The van der Waals surface area contributed by atoms with E-state index < -0.39 is 0 Å². The van der Waals surface area contributed by atoms with E-state index in [0.717, 1.165) is 25.4 Å². The number of allylic oxidation sites excluding steroid dienone is 1. The zero-order valence-corrected chi connectivity index (χ0v) is 5.72. The maximum atomic E-state index is 5.29. The Labute approximate surface area is 55.5 Å². The summed E-state index contributed by atoms with van der Waals surface area (Å²) < 4.78 is 10.4. The second-order valence-corrected chi connectivity index (χ2v) is 2.31. The van der Waals surface area contributed by atoms with E-state index >= 15 is 0 Å². The third-order valence-electron chi connectivity index (χ3n) is 1.26. The Hall–Kier alpha value is -0.500. The highest BCUT2D eigenvalue weighted by atomic mass is 16.5. The molecule has 0 N–H and O–H groups in total. The SMILES string of the molecule is C=C(C)OC1CCOC1. The fraction of sp³-hybridized carbons (Fsp3) is 0.714. The second kappa shape index (κ2) is 2.87. The molecule has 0 aliphatic carbocycles. The Bertz CT molecular complexity index is 103. The molecule has 52 valence electrons. The maximum Gasteiger partial charge on any atom is 0.124 e. The van der Waals surface area contributed by atoms with E-state index in [-0.39, 0.29) is 6.10 Å². The molecular formula is C7H12O2. The van der Waals surface area contributed by atoms with Crippen LogP contribution in [-0.4, -0.2) is 19.3 Å². The zero-order chi connectivity index (χ0) is 6.69. The van der Waals surface area contributed by atoms with Crippen LogP contribution < -0.4 is 0 Å². The summed E-state index contributed by atoms with van der Waals surface area (Å²) >= 11 is 0. The Morgan fingerprint density at radius 2 is 2.56 bits per heavy atom. The van der Waals surface area contributed by atoms with Crippen molar-refractivity contribution >= 4 is 0 Å². The second-order valence-electron chi connectivity index (χ2n) is 2.31. The quantitative estimate of drug-likeness (QED) is 0.522. The molecular weight excluding hydrogens is 116 g/mol. The normalized spacial score (nSPS) is 26.1. The van der Waals surface area contributed by atoms with Crippen molar-refractivity contribution in [1.29, 1.82) is 0 Å². The van der Waals surface area contributed by atoms with Gasteiger partial charge in [-0.2, -0.15) is 0 Å². The summed E-state index contributed by atoms with van der Waals surface area (Å²) in [6, 6.07) is 0. The summed E-state index contributed by atoms with van der Waals surface area (Å²) in [4.78, 5) is 0. The number of ether oxygens (including phenoxy) is 2. The average molecular weight is 128 g/mol. The molecule has 0 bridgehead atoms. The Morgan fingerprint density at radius 3 is 3.00 bits per heavy atom. The molecule has 2 nitrogen and oxygen atoms in total. The summed E-state index contributed by atoms with van der Waals surface area (Å²) in [5.41, 5.74) is 0. The van der Waals surface area contributed by atoms with Gasteiger partial charge in [0.25, 0.3) is 0 Å². The molecule has 0 saturated carbocycles. The van der Waals surface area contributed by atoms with Crippen molar-refractivity contribution in [2.24, 2.45) is 0 Å². The molecule has 1 aliphatic rings. The van der Waals surface area contributed by atoms with Gasteiger partial charge in [-0.15, -0.1) is 0 Å². The highest BCUT2D eigenvalue weighted by Crippen LogP contribution is 2.10. The van der Waals surface area contributed by atoms with Crippen LogP contribution in [0.3, 0.4) is 0 Å². The van der Waals surface area contributed by atoms with Gasteiger partial charge in [0.2, 0.25) is 0 Å². The van der Waals surface area contributed by atoms with E-state index in [4.69, 9.17) is 9.47 Å². The minimum absolute atomic E-state index is 0.266. The molecule has 1 atom stereocenters. The number of hydrogen-bond donors (Lipinski definition) is 0. The van der Waals surface area contributed by atoms with Gasteiger partial charge in [-0.05, 0) is 6.92 Å². The molecule has 2 heteroatoms. The summed E-state index contributed by atoms with van der Waals surface area (Å²) in [7, 11) is 0. The lowest BCUT2D eigenvalue weighted by Gasteiger charge is -2.09. The molecule has 0 radical (unpaired) electrons. The van der Waals surface area contributed by atoms with Gasteiger partial charge in [0, 0.05) is 6.42 Å². The average Bonchev–Trinajstić information content (AvgIpc) is 2.15. The highest BCUT2D eigenvalue weighted by Gasteiger charge is 2.15. The standard InChI is InChI=1S/C7H12O2/c1-6(2)9-7-3-4-8-5-7/h7H,1,3-5H2,2H3. The predicted molar refractivity (Wildman–Crippen MR) is 35.1 cm³/mol. The molecule has 0 aromatic heterocycles. The van der Waals surface area contributed by atoms with Crippen LogP contribution in [0.25, 0.3) is 0 Å². The van der Waals surface area contributed by atoms with Crippen LogP contribution in [0.4, 0.5) is 0 Å². The van der Waals surface area contributed by atoms with Crippen molar-refractivity contribution in [2.75, 3.05) is 13.2 Å². The van der Waals surface area contributed by atoms with Crippen molar-refractivity contribution in [2.45, 2.75) is 19.4 Å². The Morgan fingerprint density at radius 1 is 1.78 bits per heavy atom. The molecule has 1 saturated heterocycles. The van der Waals surface area contributed by atoms with Gasteiger partial charge in [0.15, 0.2) is 0 Å². The van der Waals surface area contributed by atoms with Crippen molar-refractivity contribution in [3.63, 3.8) is 0 Å². The topological polar surface area (TPSA) is 18.5 Å². The molecule has 0 aromatic rings. The van der Waals surface area contributed by atoms with E-state index in [0.29, 0.717) is 0 Å². The van der Waals surface area contributed by atoms with Gasteiger partial charge in [-0.3, -0.25) is 0 Å². The molecule has 0 amide bonds. The van der Waals surface area contributed by atoms with Crippen molar-refractivity contribution in [3.05, 3.63) is 12.3 Å². The first-order chi connectivity index (χ1) is 4.29. The van der Waals surface area contributed by atoms with Crippen LogP contribution in [-0.2, 0) is 9.47 Å². The van der Waals surface area contributed by atoms with E-state index in [1.807, 2.05) is 6.92 Å². The van der Waals surface area contributed by atoms with Gasteiger partial charge >= 0.3 is 0 Å². The molecule has 1 aliphatic heterocycles. The van der Waals surface area contributed by atoms with Crippen molar-refractivity contribution in [1.82, 2.24) is 0 Å². The maximum absolute atomic E-state index is 5.29. The monoisotopic (exact) mass is 128 g/mol. The summed E-state index contributed by atoms with van der Waals surface area (Å²) in [5, 5.41) is 0. The lowest BCUT2D eigenvalue weighted by molar-refractivity contribution is 0.0936. The lowest BCUT2D eigenvalue weighted by atomic mass is 10.3. The fourth-order valence-electron chi connectivity index (χ4n) is 0.890. The van der Waals surface area contributed by atoms with Crippen LogP contribution in [0.1, 0.15) is 13.3 Å². The lowest BCUT2D eigenvalue weighted by Crippen LogP contribution is -2.09. The number of hydrogen-bond acceptors (Lipinski definition) is 2. The first-order valence-electron chi connectivity index (χ1n) is 3.19. The summed E-state index contributed by atoms with van der Waals surface area (Å²) in [5.74, 6) is 0.783. The molecule has 1 heterocycles. The third-order valence-corrected chi connectivity index (χ3v) is 1.26. The molecule has 1 rings (SSSR count). The van der Waals surface area contributed by atoms with E-state index in [9.17, 15) is 0 Å². The predicted octanol–water partition coefficient (Wildman–Crippen LogP) is 1.33. The van der Waals surface area contributed by atoms with Gasteiger partial charge in [-0.25, -0.2) is 0 Å². The molecule has 0 aromatic carbocycles. The van der Waals surface area contributed by atoms with Crippen LogP contribution in [0.15, 0.2) is 12.3 Å². The first-order valence-corrected chi connectivity index (χ1v) is 3.19. The highest BCUT2D eigenvalue weighted by molar-refractivity contribution is 4.78. The van der Waals surface area contributed by atoms with Gasteiger partial charge < -0.3 is 9.47 Å². The molecule has 1 fully saturated rings. The first kappa shape index (κ1) is 6.62. The van der Waals surface area contributed by atoms with Gasteiger partial charge in [0.05, 0.1) is 19.0 Å². The largest absolute Gasteiger partial charge is 0.493 e. The van der Waals surface area contributed by atoms with Crippen LogP contribution in [0, 0.1) is 0 Å². The van der Waals surface area contributed by atoms with E-state index in [2.05, 4.69) is 6.58 Å². The van der Waals surface area contributed by atoms with Crippen molar-refractivity contribution in [3.8, 4) is 0 Å². The zero-order valence-electron chi connectivity index (χ0n) is 5.72. The molecule has 9 heavy (non-hydrogen) atoms. The molecule has 0 spiro atoms. The van der Waals surface area contributed by atoms with Crippen LogP contribution >= 0.6 is 0 Å². The van der Waals surface area contributed by atoms with Crippen LogP contribution in [0.2, 0.25) is 0 Å².